The van der Waals surface area contributed by atoms with Crippen molar-refractivity contribution in [2.24, 2.45) is 0 Å². The Kier molecular flexibility index (Phi) is 7.11. The van der Waals surface area contributed by atoms with Crippen molar-refractivity contribution in [3.8, 4) is 0 Å². The fourth-order valence-corrected chi connectivity index (χ4v) is 3.13. The van der Waals surface area contributed by atoms with Gasteiger partial charge in [-0.3, -0.25) is 15.6 Å². The number of para-hydroxylation sites is 1. The van der Waals surface area contributed by atoms with Crippen LogP contribution in [-0.2, 0) is 14.8 Å². The van der Waals surface area contributed by atoms with Crippen molar-refractivity contribution in [3.63, 3.8) is 0 Å². The van der Waals surface area contributed by atoms with Crippen molar-refractivity contribution in [2.75, 3.05) is 31.3 Å². The van der Waals surface area contributed by atoms with Gasteiger partial charge in [0.1, 0.15) is 0 Å². The van der Waals surface area contributed by atoms with Gasteiger partial charge in [0.15, 0.2) is 5.11 Å². The summed E-state index contributed by atoms with van der Waals surface area (Å²) in [6.45, 7) is 0.0657. The lowest BCUT2D eigenvalue weighted by Gasteiger charge is -2.14. The first-order valence-corrected chi connectivity index (χ1v) is 9.81. The highest BCUT2D eigenvalue weighted by Gasteiger charge is 2.17. The van der Waals surface area contributed by atoms with Gasteiger partial charge in [-0.05, 0) is 42.5 Å². The molecule has 0 saturated carbocycles. The summed E-state index contributed by atoms with van der Waals surface area (Å²) in [5.41, 5.74) is 6.33. The van der Waals surface area contributed by atoms with Gasteiger partial charge in [-0.2, -0.15) is 0 Å². The summed E-state index contributed by atoms with van der Waals surface area (Å²) in [5.74, 6) is -0.313. The van der Waals surface area contributed by atoms with Gasteiger partial charge >= 0.3 is 0 Å². The van der Waals surface area contributed by atoms with Gasteiger partial charge in [-0.1, -0.05) is 24.3 Å². The molecule has 0 atom stereocenters. The normalized spacial score (nSPS) is 10.9. The highest BCUT2D eigenvalue weighted by molar-refractivity contribution is 7.89. The van der Waals surface area contributed by atoms with Gasteiger partial charge in [-0.15, -0.1) is 0 Å². The zero-order valence-electron chi connectivity index (χ0n) is 14.9. The molecule has 0 aromatic heterocycles. The first-order valence-electron chi connectivity index (χ1n) is 7.96. The van der Waals surface area contributed by atoms with Crippen LogP contribution in [0.2, 0.25) is 0 Å². The number of anilines is 2. The van der Waals surface area contributed by atoms with E-state index in [1.54, 1.807) is 12.1 Å². The Morgan fingerprint density at radius 2 is 1.67 bits per heavy atom. The van der Waals surface area contributed by atoms with E-state index < -0.39 is 10.0 Å². The van der Waals surface area contributed by atoms with Crippen LogP contribution in [0.3, 0.4) is 0 Å². The smallest absolute Gasteiger partial charge is 0.257 e. The standard InChI is InChI=1S/C17H21N5O3S2/c1-22(2)27(24,25)15-10-6-9-14(11-15)19-17(26)21-20-16(23)12-18-13-7-4-3-5-8-13/h3-11,18H,12H2,1-2H3,(H,20,23)(H2,19,21,26). The minimum absolute atomic E-state index is 0.0657. The summed E-state index contributed by atoms with van der Waals surface area (Å²) in [7, 11) is -0.625. The number of thiocarbonyl (C=S) groups is 1. The lowest BCUT2D eigenvalue weighted by Crippen LogP contribution is -2.45. The van der Waals surface area contributed by atoms with E-state index in [-0.39, 0.29) is 22.5 Å². The Balaban J connectivity index is 1.84. The maximum absolute atomic E-state index is 12.2. The molecule has 2 aromatic rings. The predicted molar refractivity (Wildman–Crippen MR) is 110 cm³/mol. The minimum atomic E-state index is -3.54. The van der Waals surface area contributed by atoms with Gasteiger partial charge in [0.05, 0.1) is 11.4 Å². The first-order chi connectivity index (χ1) is 12.8. The molecule has 10 heteroatoms. The topological polar surface area (TPSA) is 103 Å². The van der Waals surface area contributed by atoms with Crippen LogP contribution < -0.4 is 21.5 Å². The molecule has 0 saturated heterocycles. The summed E-state index contributed by atoms with van der Waals surface area (Å²) in [6, 6.07) is 15.5. The lowest BCUT2D eigenvalue weighted by atomic mass is 10.3. The molecule has 0 unspecified atom stereocenters. The molecule has 27 heavy (non-hydrogen) atoms. The van der Waals surface area contributed by atoms with E-state index in [1.165, 1.54) is 26.2 Å². The average Bonchev–Trinajstić information content (AvgIpc) is 2.65. The van der Waals surface area contributed by atoms with E-state index in [9.17, 15) is 13.2 Å². The van der Waals surface area contributed by atoms with Crippen LogP contribution in [0.1, 0.15) is 0 Å². The average molecular weight is 408 g/mol. The van der Waals surface area contributed by atoms with Crippen molar-refractivity contribution in [3.05, 3.63) is 54.6 Å². The molecule has 144 valence electrons. The zero-order chi connectivity index (χ0) is 19.9. The van der Waals surface area contributed by atoms with Crippen molar-refractivity contribution in [1.82, 2.24) is 15.2 Å². The monoisotopic (exact) mass is 407 g/mol. The number of amides is 1. The van der Waals surface area contributed by atoms with Gasteiger partial charge in [0.2, 0.25) is 10.0 Å². The number of benzene rings is 2. The van der Waals surface area contributed by atoms with Crippen molar-refractivity contribution >= 4 is 44.6 Å². The maximum Gasteiger partial charge on any atom is 0.257 e. The molecule has 0 aliphatic carbocycles. The molecule has 1 amide bonds. The Hall–Kier alpha value is -2.69. The number of sulfonamides is 1. The zero-order valence-corrected chi connectivity index (χ0v) is 16.5. The van der Waals surface area contributed by atoms with Gasteiger partial charge < -0.3 is 10.6 Å². The highest BCUT2D eigenvalue weighted by Crippen LogP contribution is 2.17. The van der Waals surface area contributed by atoms with Crippen LogP contribution in [0.4, 0.5) is 11.4 Å². The van der Waals surface area contributed by atoms with E-state index in [0.717, 1.165) is 9.99 Å². The van der Waals surface area contributed by atoms with Gasteiger partial charge in [0.25, 0.3) is 5.91 Å². The molecule has 0 bridgehead atoms. The summed E-state index contributed by atoms with van der Waals surface area (Å²) >= 11 is 5.10. The molecule has 0 aliphatic rings. The summed E-state index contributed by atoms with van der Waals surface area (Å²) < 4.78 is 25.4. The molecule has 2 rings (SSSR count). The summed E-state index contributed by atoms with van der Waals surface area (Å²) in [4.78, 5) is 12.0. The van der Waals surface area contributed by atoms with Crippen molar-refractivity contribution in [1.29, 1.82) is 0 Å². The lowest BCUT2D eigenvalue weighted by molar-refractivity contribution is -0.119. The molecule has 0 radical (unpaired) electrons. The van der Waals surface area contributed by atoms with E-state index in [1.807, 2.05) is 30.3 Å². The number of hydrogen-bond acceptors (Lipinski definition) is 5. The second-order valence-electron chi connectivity index (χ2n) is 5.66. The van der Waals surface area contributed by atoms with Crippen LogP contribution in [0.25, 0.3) is 0 Å². The number of hydrogen-bond donors (Lipinski definition) is 4. The van der Waals surface area contributed by atoms with Crippen LogP contribution in [0, 0.1) is 0 Å². The quantitative estimate of drug-likeness (QED) is 0.424. The van der Waals surface area contributed by atoms with E-state index in [2.05, 4.69) is 21.5 Å². The van der Waals surface area contributed by atoms with Crippen LogP contribution >= 0.6 is 12.2 Å². The fraction of sp³-hybridized carbons (Fsp3) is 0.176. The molecular formula is C17H21N5O3S2. The number of nitrogens with zero attached hydrogens (tertiary/aromatic N) is 1. The number of rotatable bonds is 6. The highest BCUT2D eigenvalue weighted by atomic mass is 32.2. The number of nitrogens with one attached hydrogen (secondary N) is 4. The molecular weight excluding hydrogens is 386 g/mol. The number of hydrazine groups is 1. The van der Waals surface area contributed by atoms with Crippen molar-refractivity contribution in [2.45, 2.75) is 4.90 Å². The molecule has 0 fully saturated rings. The SMILES string of the molecule is CN(C)S(=O)(=O)c1cccc(NC(=S)NNC(=O)CNc2ccccc2)c1. The second kappa shape index (κ2) is 9.31. The third-order valence-electron chi connectivity index (χ3n) is 3.41. The number of carbonyl (C=O) groups excluding carboxylic acids is 1. The minimum Gasteiger partial charge on any atom is -0.376 e. The summed E-state index contributed by atoms with van der Waals surface area (Å²) in [6.07, 6.45) is 0. The predicted octanol–water partition coefficient (Wildman–Crippen LogP) is 1.37. The van der Waals surface area contributed by atoms with Gasteiger partial charge in [0, 0.05) is 25.5 Å². The maximum atomic E-state index is 12.2. The molecule has 4 N–H and O–H groups in total. The molecule has 0 heterocycles. The summed E-state index contributed by atoms with van der Waals surface area (Å²) in [5, 5.41) is 5.92. The van der Waals surface area contributed by atoms with Crippen LogP contribution in [0.5, 0.6) is 0 Å². The van der Waals surface area contributed by atoms with Crippen LogP contribution in [-0.4, -0.2) is 44.4 Å². The molecule has 8 nitrogen and oxygen atoms in total. The molecule has 2 aromatic carbocycles. The fourth-order valence-electron chi connectivity index (χ4n) is 2.02. The third kappa shape index (κ3) is 6.20. The Morgan fingerprint density at radius 1 is 1.00 bits per heavy atom. The van der Waals surface area contributed by atoms with Crippen molar-refractivity contribution < 1.29 is 13.2 Å². The molecule has 0 aliphatic heterocycles. The second-order valence-corrected chi connectivity index (χ2v) is 8.22. The van der Waals surface area contributed by atoms with E-state index in [4.69, 9.17) is 12.2 Å². The Morgan fingerprint density at radius 3 is 2.33 bits per heavy atom. The van der Waals surface area contributed by atoms with Gasteiger partial charge in [-0.25, -0.2) is 12.7 Å². The number of carbonyl (C=O) groups is 1. The Bertz CT molecular complexity index is 902. The first kappa shape index (κ1) is 20.6. The van der Waals surface area contributed by atoms with E-state index in [0.29, 0.717) is 5.69 Å². The third-order valence-corrected chi connectivity index (χ3v) is 5.43. The van der Waals surface area contributed by atoms with E-state index >= 15 is 0 Å². The van der Waals surface area contributed by atoms with Crippen LogP contribution in [0.15, 0.2) is 59.5 Å². The Labute approximate surface area is 164 Å². The largest absolute Gasteiger partial charge is 0.376 e. The molecule has 0 spiro atoms.